The SMILES string of the molecule is O=C(Cc1ccccc1)N[C@@H]1C(=O)N2C(C(=O)OCC(Cl)(Cl)Cl)=C(C[P+](c3ccccc3)(c3ccccc3)c3ccccc3)CS[C@@H]12.[Br-]. The van der Waals surface area contributed by atoms with Crippen molar-refractivity contribution in [1.82, 2.24) is 10.2 Å². The highest BCUT2D eigenvalue weighted by Crippen LogP contribution is 2.58. The second kappa shape index (κ2) is 15.8. The molecule has 2 heterocycles. The van der Waals surface area contributed by atoms with Gasteiger partial charge in [0, 0.05) is 11.3 Å². The summed E-state index contributed by atoms with van der Waals surface area (Å²) in [4.78, 5) is 42.1. The van der Waals surface area contributed by atoms with E-state index >= 15 is 0 Å². The van der Waals surface area contributed by atoms with Gasteiger partial charge in [-0.1, -0.05) is 120 Å². The van der Waals surface area contributed by atoms with Gasteiger partial charge in [0.05, 0.1) is 12.6 Å². The van der Waals surface area contributed by atoms with E-state index in [1.807, 2.05) is 84.9 Å². The molecule has 4 aromatic rings. The molecule has 0 spiro atoms. The Bertz CT molecular complexity index is 1680. The van der Waals surface area contributed by atoms with Gasteiger partial charge in [0.2, 0.25) is 9.70 Å². The number of carbonyl (C=O) groups is 3. The van der Waals surface area contributed by atoms with Crippen LogP contribution < -0.4 is 38.2 Å². The molecule has 1 N–H and O–H groups in total. The number of β-lactam (4-membered cyclic amide) rings is 1. The first kappa shape index (κ1) is 36.4. The van der Waals surface area contributed by atoms with Crippen molar-refractivity contribution in [3.05, 3.63) is 138 Å². The summed E-state index contributed by atoms with van der Waals surface area (Å²) in [6.07, 6.45) is 0.608. The first-order valence-corrected chi connectivity index (χ1v) is 19.1. The summed E-state index contributed by atoms with van der Waals surface area (Å²) >= 11 is 19.4. The Balaban J connectivity index is 0.00000451. The van der Waals surface area contributed by atoms with Crippen molar-refractivity contribution in [3.8, 4) is 0 Å². The van der Waals surface area contributed by atoms with Gasteiger partial charge in [0.1, 0.15) is 46.9 Å². The molecule has 0 aromatic heterocycles. The van der Waals surface area contributed by atoms with E-state index in [0.29, 0.717) is 11.9 Å². The largest absolute Gasteiger partial charge is 1.00 e. The highest BCUT2D eigenvalue weighted by atomic mass is 79.9. The van der Waals surface area contributed by atoms with Crippen LogP contribution in [-0.2, 0) is 25.5 Å². The highest BCUT2D eigenvalue weighted by Gasteiger charge is 2.56. The summed E-state index contributed by atoms with van der Waals surface area (Å²) < 4.78 is 3.70. The lowest BCUT2D eigenvalue weighted by Crippen LogP contribution is -3.00. The van der Waals surface area contributed by atoms with E-state index in [1.165, 1.54) is 16.7 Å². The van der Waals surface area contributed by atoms with Crippen LogP contribution in [0.15, 0.2) is 133 Å². The molecule has 248 valence electrons. The van der Waals surface area contributed by atoms with Crippen LogP contribution in [0.1, 0.15) is 5.56 Å². The predicted octanol–water partition coefficient (Wildman–Crippen LogP) is 2.79. The average molecular weight is 805 g/mol. The Morgan fingerprint density at radius 1 is 0.812 bits per heavy atom. The van der Waals surface area contributed by atoms with Crippen LogP contribution in [-0.4, -0.2) is 56.4 Å². The van der Waals surface area contributed by atoms with E-state index < -0.39 is 35.0 Å². The molecule has 12 heteroatoms. The number of rotatable bonds is 10. The van der Waals surface area contributed by atoms with E-state index in [1.54, 1.807) is 0 Å². The van der Waals surface area contributed by atoms with Crippen LogP contribution in [0, 0.1) is 0 Å². The fourth-order valence-corrected chi connectivity index (χ4v) is 12.1. The summed E-state index contributed by atoms with van der Waals surface area (Å²) in [6.45, 7) is -0.485. The molecule has 4 aromatic carbocycles. The maximum absolute atomic E-state index is 13.9. The number of amides is 2. The lowest BCUT2D eigenvalue weighted by atomic mass is 10.0. The van der Waals surface area contributed by atoms with Crippen LogP contribution in [0.5, 0.6) is 0 Å². The van der Waals surface area contributed by atoms with Crippen molar-refractivity contribution < 1.29 is 36.1 Å². The summed E-state index contributed by atoms with van der Waals surface area (Å²) in [6, 6.07) is 39.4. The highest BCUT2D eigenvalue weighted by molar-refractivity contribution is 8.00. The van der Waals surface area contributed by atoms with Gasteiger partial charge in [-0.15, -0.1) is 11.8 Å². The zero-order chi connectivity index (χ0) is 33.0. The Morgan fingerprint density at radius 2 is 1.29 bits per heavy atom. The molecule has 1 saturated heterocycles. The monoisotopic (exact) mass is 802 g/mol. The van der Waals surface area contributed by atoms with Gasteiger partial charge in [-0.05, 0) is 42.0 Å². The second-order valence-electron chi connectivity index (χ2n) is 11.2. The fraction of sp³-hybridized carbons (Fsp3) is 0.194. The number of hydrogen-bond acceptors (Lipinski definition) is 5. The number of ether oxygens (including phenoxy) is 1. The Kier molecular flexibility index (Phi) is 12.0. The minimum Gasteiger partial charge on any atom is -1.00 e. The number of hydrogen-bond donors (Lipinski definition) is 1. The Morgan fingerprint density at radius 3 is 1.77 bits per heavy atom. The fourth-order valence-electron chi connectivity index (χ4n) is 6.07. The molecule has 0 aliphatic carbocycles. The smallest absolute Gasteiger partial charge is 0.355 e. The van der Waals surface area contributed by atoms with Gasteiger partial charge in [0.15, 0.2) is 0 Å². The van der Waals surface area contributed by atoms with Gasteiger partial charge in [-0.25, -0.2) is 4.79 Å². The van der Waals surface area contributed by atoms with Crippen LogP contribution in [0.2, 0.25) is 0 Å². The second-order valence-corrected chi connectivity index (χ2v) is 18.3. The summed E-state index contributed by atoms with van der Waals surface area (Å²) in [5, 5.41) is 5.80. The predicted molar refractivity (Wildman–Crippen MR) is 193 cm³/mol. The number of nitrogens with one attached hydrogen (secondary N) is 1. The number of benzene rings is 4. The maximum atomic E-state index is 13.9. The molecule has 2 atom stereocenters. The van der Waals surface area contributed by atoms with Gasteiger partial charge < -0.3 is 27.0 Å². The van der Waals surface area contributed by atoms with E-state index in [4.69, 9.17) is 39.5 Å². The molecule has 0 radical (unpaired) electrons. The third kappa shape index (κ3) is 7.80. The Hall–Kier alpha value is -2.84. The van der Waals surface area contributed by atoms with Crippen LogP contribution >= 0.6 is 53.8 Å². The molecular weight excluding hydrogens is 774 g/mol. The first-order chi connectivity index (χ1) is 22.7. The molecule has 2 amide bonds. The zero-order valence-corrected chi connectivity index (χ0v) is 31.0. The number of carbonyl (C=O) groups excluding carboxylic acids is 3. The van der Waals surface area contributed by atoms with Crippen molar-refractivity contribution in [2.24, 2.45) is 0 Å². The van der Waals surface area contributed by atoms with Crippen molar-refractivity contribution in [3.63, 3.8) is 0 Å². The molecule has 2 aliphatic rings. The van der Waals surface area contributed by atoms with Gasteiger partial charge in [-0.3, -0.25) is 14.5 Å². The van der Waals surface area contributed by atoms with E-state index in [0.717, 1.165) is 27.1 Å². The van der Waals surface area contributed by atoms with Crippen LogP contribution in [0.25, 0.3) is 0 Å². The molecule has 1 fully saturated rings. The lowest BCUT2D eigenvalue weighted by Gasteiger charge is -2.50. The quantitative estimate of drug-likeness (QED) is 0.116. The van der Waals surface area contributed by atoms with E-state index in [-0.39, 0.29) is 40.9 Å². The first-order valence-electron chi connectivity index (χ1n) is 15.0. The Labute approximate surface area is 310 Å². The topological polar surface area (TPSA) is 75.7 Å². The van der Waals surface area contributed by atoms with Crippen LogP contribution in [0.4, 0.5) is 0 Å². The molecule has 48 heavy (non-hydrogen) atoms. The zero-order valence-electron chi connectivity index (χ0n) is 25.5. The number of halogens is 4. The summed E-state index contributed by atoms with van der Waals surface area (Å²) in [5.74, 6) is -0.963. The minimum atomic E-state index is -2.43. The van der Waals surface area contributed by atoms with Gasteiger partial charge in [-0.2, -0.15) is 0 Å². The molecule has 6 nitrogen and oxygen atoms in total. The van der Waals surface area contributed by atoms with E-state index in [9.17, 15) is 14.4 Å². The summed E-state index contributed by atoms with van der Waals surface area (Å²) in [5.41, 5.74) is 1.74. The lowest BCUT2D eigenvalue weighted by molar-refractivity contribution is -0.152. The van der Waals surface area contributed by atoms with E-state index in [2.05, 4.69) is 41.7 Å². The van der Waals surface area contributed by atoms with Crippen molar-refractivity contribution in [2.45, 2.75) is 21.6 Å². The van der Waals surface area contributed by atoms with Gasteiger partial charge in [0.25, 0.3) is 5.91 Å². The number of fused-ring (bicyclic) bond motifs is 1. The molecule has 6 rings (SSSR count). The van der Waals surface area contributed by atoms with Crippen molar-refractivity contribution in [1.29, 1.82) is 0 Å². The summed E-state index contributed by atoms with van der Waals surface area (Å²) in [7, 11) is -2.43. The number of alkyl halides is 3. The number of nitrogens with zero attached hydrogens (tertiary/aromatic N) is 1. The van der Waals surface area contributed by atoms with Crippen molar-refractivity contribution in [2.75, 3.05) is 18.5 Å². The minimum absolute atomic E-state index is 0. The molecule has 0 bridgehead atoms. The van der Waals surface area contributed by atoms with Crippen molar-refractivity contribution >= 4 is 87.5 Å². The third-order valence-corrected chi connectivity index (χ3v) is 14.2. The average Bonchev–Trinajstić information content (AvgIpc) is 3.09. The standard InChI is InChI=1S/C36H30Cl3N2O4PS.BrH/c37-36(38,39)24-45-35(44)32-26(23-47-34-31(33(43)41(32)34)40-30(42)21-25-13-5-1-6-14-25)22-46(27-15-7-2-8-16-27,28-17-9-3-10-18-28)29-19-11-4-12-20-29;/h1-20,31,34H,21-24H2;1H/t31-,34+;/m1./s1. The molecule has 0 unspecified atom stereocenters. The molecule has 0 saturated carbocycles. The molecule has 2 aliphatic heterocycles. The normalized spacial score (nSPS) is 17.5. The number of esters is 1. The molecular formula is C36H31BrCl3N2O4PS. The van der Waals surface area contributed by atoms with Crippen LogP contribution in [0.3, 0.4) is 0 Å². The van der Waals surface area contributed by atoms with Gasteiger partial charge >= 0.3 is 5.97 Å². The maximum Gasteiger partial charge on any atom is 0.355 e. The third-order valence-electron chi connectivity index (χ3n) is 8.15. The number of thioether (sulfide) groups is 1.